The molecule has 1 heterocycles. The molecule has 1 aliphatic carbocycles. The molecule has 1 fully saturated rings. The number of nitrogens with one attached hydrogen (secondary N) is 1. The van der Waals surface area contributed by atoms with Gasteiger partial charge in [0.25, 0.3) is 0 Å². The fraction of sp³-hybridized carbons (Fsp3) is 0.667. The Morgan fingerprint density at radius 2 is 2.05 bits per heavy atom. The van der Waals surface area contributed by atoms with Crippen LogP contribution in [0.5, 0.6) is 0 Å². The molecule has 2 rings (SSSR count). The van der Waals surface area contributed by atoms with Crippen molar-refractivity contribution in [3.63, 3.8) is 0 Å². The van der Waals surface area contributed by atoms with Gasteiger partial charge in [0.2, 0.25) is 5.91 Å². The van der Waals surface area contributed by atoms with Crippen LogP contribution >= 0.6 is 0 Å². The fourth-order valence-corrected chi connectivity index (χ4v) is 2.58. The van der Waals surface area contributed by atoms with E-state index in [4.69, 9.17) is 0 Å². The SMILES string of the molecule is CNC(=O)Cn1nnc(C(=O)O)c1C1CCCCC1. The first-order valence-electron chi connectivity index (χ1n) is 6.50. The van der Waals surface area contributed by atoms with Crippen LogP contribution in [0, 0.1) is 0 Å². The van der Waals surface area contributed by atoms with Crippen molar-refractivity contribution < 1.29 is 14.7 Å². The van der Waals surface area contributed by atoms with Gasteiger partial charge in [0.05, 0.1) is 5.69 Å². The quantitative estimate of drug-likeness (QED) is 0.839. The second kappa shape index (κ2) is 5.81. The largest absolute Gasteiger partial charge is 0.476 e. The number of carboxylic acid groups (broad SMARTS) is 1. The van der Waals surface area contributed by atoms with Crippen molar-refractivity contribution in [3.05, 3.63) is 11.4 Å². The molecule has 0 radical (unpaired) electrons. The third kappa shape index (κ3) is 2.91. The Kier molecular flexibility index (Phi) is 4.13. The summed E-state index contributed by atoms with van der Waals surface area (Å²) in [4.78, 5) is 22.7. The number of carboxylic acids is 1. The highest BCUT2D eigenvalue weighted by Crippen LogP contribution is 2.33. The van der Waals surface area contributed by atoms with Gasteiger partial charge in [-0.05, 0) is 12.8 Å². The first kappa shape index (κ1) is 13.5. The Bertz CT molecular complexity index is 477. The topological polar surface area (TPSA) is 97.1 Å². The summed E-state index contributed by atoms with van der Waals surface area (Å²) >= 11 is 0. The first-order valence-corrected chi connectivity index (χ1v) is 6.50. The van der Waals surface area contributed by atoms with Gasteiger partial charge in [0.1, 0.15) is 6.54 Å². The fourth-order valence-electron chi connectivity index (χ4n) is 2.58. The number of aromatic carboxylic acids is 1. The van der Waals surface area contributed by atoms with E-state index in [0.717, 1.165) is 25.7 Å². The van der Waals surface area contributed by atoms with Crippen LogP contribution in [-0.2, 0) is 11.3 Å². The highest BCUT2D eigenvalue weighted by atomic mass is 16.4. The molecule has 104 valence electrons. The van der Waals surface area contributed by atoms with E-state index in [1.165, 1.54) is 18.2 Å². The summed E-state index contributed by atoms with van der Waals surface area (Å²) < 4.78 is 1.43. The van der Waals surface area contributed by atoms with Crippen LogP contribution in [0.1, 0.15) is 54.2 Å². The molecule has 7 heteroatoms. The van der Waals surface area contributed by atoms with Gasteiger partial charge in [-0.2, -0.15) is 0 Å². The molecule has 0 bridgehead atoms. The molecular weight excluding hydrogens is 248 g/mol. The van der Waals surface area contributed by atoms with Gasteiger partial charge in [0, 0.05) is 13.0 Å². The monoisotopic (exact) mass is 266 g/mol. The molecule has 2 N–H and O–H groups in total. The van der Waals surface area contributed by atoms with Gasteiger partial charge in [-0.25, -0.2) is 9.48 Å². The second-order valence-corrected chi connectivity index (χ2v) is 4.79. The minimum absolute atomic E-state index is 0.0165. The van der Waals surface area contributed by atoms with Crippen LogP contribution in [0.4, 0.5) is 0 Å². The van der Waals surface area contributed by atoms with Crippen molar-refractivity contribution >= 4 is 11.9 Å². The van der Waals surface area contributed by atoms with E-state index in [-0.39, 0.29) is 24.1 Å². The van der Waals surface area contributed by atoms with Crippen LogP contribution in [0.3, 0.4) is 0 Å². The lowest BCUT2D eigenvalue weighted by Gasteiger charge is -2.22. The molecular formula is C12H18N4O3. The number of carbonyl (C=O) groups is 2. The lowest BCUT2D eigenvalue weighted by atomic mass is 9.86. The summed E-state index contributed by atoms with van der Waals surface area (Å²) in [6.07, 6.45) is 5.20. The van der Waals surface area contributed by atoms with Crippen LogP contribution in [-0.4, -0.2) is 39.0 Å². The third-order valence-corrected chi connectivity index (χ3v) is 3.54. The summed E-state index contributed by atoms with van der Waals surface area (Å²) in [5, 5.41) is 19.2. The number of nitrogens with zero attached hydrogens (tertiary/aromatic N) is 3. The lowest BCUT2D eigenvalue weighted by Crippen LogP contribution is -2.26. The average Bonchev–Trinajstić information content (AvgIpc) is 2.83. The number of aromatic nitrogens is 3. The van der Waals surface area contributed by atoms with Crippen molar-refractivity contribution in [3.8, 4) is 0 Å². The first-order chi connectivity index (χ1) is 9.13. The smallest absolute Gasteiger partial charge is 0.358 e. The number of rotatable bonds is 4. The molecule has 1 aromatic heterocycles. The maximum absolute atomic E-state index is 11.4. The highest BCUT2D eigenvalue weighted by Gasteiger charge is 2.28. The third-order valence-electron chi connectivity index (χ3n) is 3.54. The van der Waals surface area contributed by atoms with Crippen LogP contribution < -0.4 is 5.32 Å². The number of likely N-dealkylation sites (N-methyl/N-ethyl adjacent to an activating group) is 1. The van der Waals surface area contributed by atoms with E-state index in [1.54, 1.807) is 0 Å². The van der Waals surface area contributed by atoms with Crippen molar-refractivity contribution in [1.29, 1.82) is 0 Å². The van der Waals surface area contributed by atoms with E-state index in [2.05, 4.69) is 15.6 Å². The van der Waals surface area contributed by atoms with Crippen molar-refractivity contribution in [2.75, 3.05) is 7.05 Å². The Balaban J connectivity index is 2.32. The number of hydrogen-bond acceptors (Lipinski definition) is 4. The minimum atomic E-state index is -1.08. The molecule has 1 amide bonds. The van der Waals surface area contributed by atoms with Crippen LogP contribution in [0.2, 0.25) is 0 Å². The predicted molar refractivity (Wildman–Crippen MR) is 66.9 cm³/mol. The van der Waals surface area contributed by atoms with Crippen molar-refractivity contribution in [1.82, 2.24) is 20.3 Å². The van der Waals surface area contributed by atoms with E-state index in [9.17, 15) is 14.7 Å². The van der Waals surface area contributed by atoms with Crippen molar-refractivity contribution in [2.24, 2.45) is 0 Å². The molecule has 0 aromatic carbocycles. The van der Waals surface area contributed by atoms with Gasteiger partial charge in [-0.3, -0.25) is 4.79 Å². The molecule has 7 nitrogen and oxygen atoms in total. The molecule has 1 aromatic rings. The lowest BCUT2D eigenvalue weighted by molar-refractivity contribution is -0.121. The normalized spacial score (nSPS) is 16.3. The molecule has 0 aliphatic heterocycles. The average molecular weight is 266 g/mol. The van der Waals surface area contributed by atoms with E-state index in [1.807, 2.05) is 0 Å². The Hall–Kier alpha value is -1.92. The van der Waals surface area contributed by atoms with Crippen molar-refractivity contribution in [2.45, 2.75) is 44.6 Å². The van der Waals surface area contributed by atoms with Gasteiger partial charge in [-0.1, -0.05) is 24.5 Å². The van der Waals surface area contributed by atoms with Gasteiger partial charge < -0.3 is 10.4 Å². The second-order valence-electron chi connectivity index (χ2n) is 4.79. The molecule has 0 saturated heterocycles. The van der Waals surface area contributed by atoms with Gasteiger partial charge in [-0.15, -0.1) is 5.10 Å². The predicted octanol–water partition coefficient (Wildman–Crippen LogP) is 0.770. The molecule has 0 spiro atoms. The Labute approximate surface area is 111 Å². The maximum Gasteiger partial charge on any atom is 0.358 e. The standard InChI is InChI=1S/C12H18N4O3/c1-13-9(17)7-16-11(8-5-3-2-4-6-8)10(12(18)19)14-15-16/h8H,2-7H2,1H3,(H,13,17)(H,18,19). The summed E-state index contributed by atoms with van der Waals surface area (Å²) in [6.45, 7) is 0.0165. The van der Waals surface area contributed by atoms with Crippen LogP contribution in [0.25, 0.3) is 0 Å². The minimum Gasteiger partial charge on any atom is -0.476 e. The van der Waals surface area contributed by atoms with Gasteiger partial charge >= 0.3 is 5.97 Å². The molecule has 1 aliphatic rings. The van der Waals surface area contributed by atoms with Gasteiger partial charge in [0.15, 0.2) is 5.69 Å². The van der Waals surface area contributed by atoms with Crippen LogP contribution in [0.15, 0.2) is 0 Å². The zero-order valence-corrected chi connectivity index (χ0v) is 10.9. The van der Waals surface area contributed by atoms with E-state index in [0.29, 0.717) is 5.69 Å². The maximum atomic E-state index is 11.4. The van der Waals surface area contributed by atoms with E-state index < -0.39 is 5.97 Å². The van der Waals surface area contributed by atoms with E-state index >= 15 is 0 Å². The number of amides is 1. The summed E-state index contributed by atoms with van der Waals surface area (Å²) in [5.74, 6) is -1.15. The Morgan fingerprint density at radius 1 is 1.37 bits per heavy atom. The molecule has 19 heavy (non-hydrogen) atoms. The number of carbonyl (C=O) groups excluding carboxylic acids is 1. The highest BCUT2D eigenvalue weighted by molar-refractivity contribution is 5.87. The summed E-state index contributed by atoms with van der Waals surface area (Å²) in [6, 6.07) is 0. The zero-order valence-electron chi connectivity index (χ0n) is 10.9. The number of hydrogen-bond donors (Lipinski definition) is 2. The molecule has 0 unspecified atom stereocenters. The zero-order chi connectivity index (χ0) is 13.8. The Morgan fingerprint density at radius 3 is 2.63 bits per heavy atom. The summed E-state index contributed by atoms with van der Waals surface area (Å²) in [7, 11) is 1.54. The summed E-state index contributed by atoms with van der Waals surface area (Å²) in [5.41, 5.74) is 0.576. The molecule has 1 saturated carbocycles. The molecule has 0 atom stereocenters.